The summed E-state index contributed by atoms with van der Waals surface area (Å²) in [5.41, 5.74) is 8.22. The maximum absolute atomic E-state index is 8.74. The molecule has 0 amide bonds. The van der Waals surface area contributed by atoms with E-state index in [4.69, 9.17) is 15.7 Å². The van der Waals surface area contributed by atoms with E-state index >= 15 is 0 Å². The molecule has 0 radical (unpaired) electrons. The lowest BCUT2D eigenvalue weighted by molar-refractivity contribution is 0.328. The third-order valence-corrected chi connectivity index (χ3v) is 2.59. The molecule has 0 aliphatic heterocycles. The van der Waals surface area contributed by atoms with E-state index in [1.807, 2.05) is 48.5 Å². The molecule has 0 heterocycles. The summed E-state index contributed by atoms with van der Waals surface area (Å²) < 4.78 is 5.41. The molecular weight excluding hydrogens is 224 g/mol. The minimum absolute atomic E-state index is 0.511. The number of hydrogen-bond acceptors (Lipinski definition) is 3. The summed E-state index contributed by atoms with van der Waals surface area (Å²) in [4.78, 5) is 0. The zero-order valence-electron chi connectivity index (χ0n) is 9.97. The summed E-state index contributed by atoms with van der Waals surface area (Å²) in [5, 5.41) is 8.74. The average Bonchev–Trinajstić information content (AvgIpc) is 2.46. The Morgan fingerprint density at radius 3 is 2.00 bits per heavy atom. The number of nitrogens with zero attached hydrogens (tertiary/aromatic N) is 1. The van der Waals surface area contributed by atoms with Crippen molar-refractivity contribution in [3.63, 3.8) is 0 Å². The van der Waals surface area contributed by atoms with E-state index in [0.29, 0.717) is 18.7 Å². The topological polar surface area (TPSA) is 59.0 Å². The van der Waals surface area contributed by atoms with Gasteiger partial charge in [0.2, 0.25) is 0 Å². The summed E-state index contributed by atoms with van der Waals surface area (Å²) in [7, 11) is 0. The molecule has 0 saturated carbocycles. The van der Waals surface area contributed by atoms with Gasteiger partial charge in [-0.3, -0.25) is 0 Å². The zero-order chi connectivity index (χ0) is 12.8. The van der Waals surface area contributed by atoms with Gasteiger partial charge in [-0.15, -0.1) is 0 Å². The van der Waals surface area contributed by atoms with Gasteiger partial charge < -0.3 is 10.5 Å². The van der Waals surface area contributed by atoms with Gasteiger partial charge in [-0.05, 0) is 35.4 Å². The standard InChI is InChI=1S/C15H14N2O/c16-9-10-18-15-7-5-14(6-8-15)13-3-1-12(11-17)2-4-13/h1-8H,9-10,16H2. The molecule has 0 bridgehead atoms. The number of ether oxygens (including phenoxy) is 1. The van der Waals surface area contributed by atoms with Crippen LogP contribution in [0.15, 0.2) is 48.5 Å². The molecule has 90 valence electrons. The molecule has 18 heavy (non-hydrogen) atoms. The van der Waals surface area contributed by atoms with Crippen LogP contribution in [0.5, 0.6) is 5.75 Å². The van der Waals surface area contributed by atoms with Crippen LogP contribution in [0.2, 0.25) is 0 Å². The smallest absolute Gasteiger partial charge is 0.119 e. The van der Waals surface area contributed by atoms with Crippen LogP contribution in [0.4, 0.5) is 0 Å². The van der Waals surface area contributed by atoms with Crippen LogP contribution in [0, 0.1) is 11.3 Å². The van der Waals surface area contributed by atoms with E-state index < -0.39 is 0 Å². The summed E-state index contributed by atoms with van der Waals surface area (Å²) in [6, 6.07) is 17.4. The van der Waals surface area contributed by atoms with Crippen LogP contribution in [0.25, 0.3) is 11.1 Å². The first-order valence-corrected chi connectivity index (χ1v) is 5.77. The molecule has 0 saturated heterocycles. The molecule has 0 unspecified atom stereocenters. The van der Waals surface area contributed by atoms with Gasteiger partial charge in [0.25, 0.3) is 0 Å². The molecule has 0 aliphatic rings. The largest absolute Gasteiger partial charge is 0.492 e. The van der Waals surface area contributed by atoms with Crippen LogP contribution < -0.4 is 10.5 Å². The molecule has 2 rings (SSSR count). The van der Waals surface area contributed by atoms with Gasteiger partial charge >= 0.3 is 0 Å². The van der Waals surface area contributed by atoms with E-state index in [1.54, 1.807) is 0 Å². The molecule has 3 nitrogen and oxygen atoms in total. The van der Waals surface area contributed by atoms with Gasteiger partial charge in [-0.25, -0.2) is 0 Å². The summed E-state index contributed by atoms with van der Waals surface area (Å²) >= 11 is 0. The molecule has 2 N–H and O–H groups in total. The third kappa shape index (κ3) is 2.88. The molecule has 0 aromatic heterocycles. The average molecular weight is 238 g/mol. The van der Waals surface area contributed by atoms with Crippen molar-refractivity contribution >= 4 is 0 Å². The second-order valence-electron chi connectivity index (χ2n) is 3.85. The molecule has 2 aromatic rings. The van der Waals surface area contributed by atoms with E-state index in [0.717, 1.165) is 16.9 Å². The quantitative estimate of drug-likeness (QED) is 0.890. The Hall–Kier alpha value is -2.31. The number of nitrogens with two attached hydrogens (primary N) is 1. The molecule has 0 atom stereocenters. The highest BCUT2D eigenvalue weighted by atomic mass is 16.5. The van der Waals surface area contributed by atoms with Crippen molar-refractivity contribution < 1.29 is 4.74 Å². The number of hydrogen-bond donors (Lipinski definition) is 1. The van der Waals surface area contributed by atoms with Crippen LogP contribution in [0.3, 0.4) is 0 Å². The Kier molecular flexibility index (Phi) is 3.95. The lowest BCUT2D eigenvalue weighted by Crippen LogP contribution is -2.10. The number of benzene rings is 2. The molecule has 0 aliphatic carbocycles. The summed E-state index contributed by atoms with van der Waals surface area (Å²) in [6.07, 6.45) is 0. The minimum atomic E-state index is 0.511. The Bertz CT molecular complexity index is 538. The molecule has 3 heteroatoms. The van der Waals surface area contributed by atoms with Crippen molar-refractivity contribution in [2.24, 2.45) is 5.73 Å². The van der Waals surface area contributed by atoms with Crippen molar-refractivity contribution in [3.05, 3.63) is 54.1 Å². The van der Waals surface area contributed by atoms with E-state index in [2.05, 4.69) is 6.07 Å². The van der Waals surface area contributed by atoms with Crippen molar-refractivity contribution in [2.45, 2.75) is 0 Å². The Morgan fingerprint density at radius 1 is 0.944 bits per heavy atom. The van der Waals surface area contributed by atoms with Gasteiger partial charge in [0.1, 0.15) is 12.4 Å². The zero-order valence-corrected chi connectivity index (χ0v) is 9.97. The Morgan fingerprint density at radius 2 is 1.50 bits per heavy atom. The van der Waals surface area contributed by atoms with E-state index in [9.17, 15) is 0 Å². The van der Waals surface area contributed by atoms with Crippen molar-refractivity contribution in [2.75, 3.05) is 13.2 Å². The first kappa shape index (κ1) is 12.2. The van der Waals surface area contributed by atoms with Crippen LogP contribution in [-0.2, 0) is 0 Å². The predicted octanol–water partition coefficient (Wildman–Crippen LogP) is 2.56. The predicted molar refractivity (Wildman–Crippen MR) is 71.1 cm³/mol. The van der Waals surface area contributed by atoms with Crippen molar-refractivity contribution in [3.8, 4) is 22.9 Å². The van der Waals surface area contributed by atoms with Crippen molar-refractivity contribution in [1.82, 2.24) is 0 Å². The molecule has 0 fully saturated rings. The number of nitriles is 1. The molecule has 2 aromatic carbocycles. The van der Waals surface area contributed by atoms with Crippen molar-refractivity contribution in [1.29, 1.82) is 5.26 Å². The lowest BCUT2D eigenvalue weighted by Gasteiger charge is -2.06. The molecular formula is C15H14N2O. The fourth-order valence-corrected chi connectivity index (χ4v) is 1.66. The first-order chi connectivity index (χ1) is 8.83. The van der Waals surface area contributed by atoms with E-state index in [-0.39, 0.29) is 0 Å². The second-order valence-corrected chi connectivity index (χ2v) is 3.85. The van der Waals surface area contributed by atoms with Crippen LogP contribution >= 0.6 is 0 Å². The summed E-state index contributed by atoms with van der Waals surface area (Å²) in [6.45, 7) is 1.04. The van der Waals surface area contributed by atoms with E-state index in [1.165, 1.54) is 0 Å². The van der Waals surface area contributed by atoms with Gasteiger partial charge in [0.15, 0.2) is 0 Å². The molecule has 0 spiro atoms. The second kappa shape index (κ2) is 5.85. The number of rotatable bonds is 4. The fourth-order valence-electron chi connectivity index (χ4n) is 1.66. The van der Waals surface area contributed by atoms with Gasteiger partial charge in [0, 0.05) is 6.54 Å². The maximum Gasteiger partial charge on any atom is 0.119 e. The summed E-state index contributed by atoms with van der Waals surface area (Å²) in [5.74, 6) is 0.817. The SMILES string of the molecule is N#Cc1ccc(-c2ccc(OCCN)cc2)cc1. The highest BCUT2D eigenvalue weighted by molar-refractivity contribution is 5.64. The highest BCUT2D eigenvalue weighted by Gasteiger charge is 1.99. The normalized spacial score (nSPS) is 9.78. The monoisotopic (exact) mass is 238 g/mol. The highest BCUT2D eigenvalue weighted by Crippen LogP contribution is 2.22. The third-order valence-electron chi connectivity index (χ3n) is 2.59. The first-order valence-electron chi connectivity index (χ1n) is 5.77. The lowest BCUT2D eigenvalue weighted by atomic mass is 10.0. The van der Waals surface area contributed by atoms with Crippen LogP contribution in [-0.4, -0.2) is 13.2 Å². The van der Waals surface area contributed by atoms with Crippen LogP contribution in [0.1, 0.15) is 5.56 Å². The fraction of sp³-hybridized carbons (Fsp3) is 0.133. The minimum Gasteiger partial charge on any atom is -0.492 e. The van der Waals surface area contributed by atoms with Gasteiger partial charge in [-0.1, -0.05) is 24.3 Å². The Labute approximate surface area is 106 Å². The van der Waals surface area contributed by atoms with Gasteiger partial charge in [0.05, 0.1) is 11.6 Å². The maximum atomic E-state index is 8.74. The van der Waals surface area contributed by atoms with Gasteiger partial charge in [-0.2, -0.15) is 5.26 Å². The Balaban J connectivity index is 2.15.